The summed E-state index contributed by atoms with van der Waals surface area (Å²) in [6.45, 7) is 7.29. The zero-order valence-corrected chi connectivity index (χ0v) is 20.8. The average molecular weight is 508 g/mol. The van der Waals surface area contributed by atoms with E-state index in [1.54, 1.807) is 32.0 Å². The van der Waals surface area contributed by atoms with Gasteiger partial charge >= 0.3 is 5.97 Å². The first-order valence-electron chi connectivity index (χ1n) is 9.92. The van der Waals surface area contributed by atoms with Gasteiger partial charge in [-0.3, -0.25) is 4.79 Å². The van der Waals surface area contributed by atoms with Crippen LogP contribution in [0.25, 0.3) is 0 Å². The van der Waals surface area contributed by atoms with Crippen molar-refractivity contribution in [1.29, 1.82) is 0 Å². The molecule has 2 aromatic heterocycles. The number of carbonyl (C=O) groups excluding carboxylic acids is 2. The molecule has 3 rings (SSSR count). The fraction of sp³-hybridized carbons (Fsp3) is 0.273. The van der Waals surface area contributed by atoms with Crippen LogP contribution in [0.4, 0.5) is 5.00 Å². The lowest BCUT2D eigenvalue weighted by molar-refractivity contribution is 0.0527. The van der Waals surface area contributed by atoms with Crippen LogP contribution in [0.2, 0.25) is 5.02 Å². The molecule has 174 valence electrons. The highest BCUT2D eigenvalue weighted by atomic mass is 35.5. The van der Waals surface area contributed by atoms with Gasteiger partial charge in [0.1, 0.15) is 5.00 Å². The van der Waals surface area contributed by atoms with Crippen molar-refractivity contribution >= 4 is 49.7 Å². The van der Waals surface area contributed by atoms with Gasteiger partial charge in [0.2, 0.25) is 15.0 Å². The monoisotopic (exact) mass is 507 g/mol. The maximum Gasteiger partial charge on any atom is 0.341 e. The molecule has 0 aliphatic heterocycles. The molecule has 2 heterocycles. The number of hydrogen-bond donors (Lipinski definition) is 1. The molecule has 1 aromatic carbocycles. The number of aromatic nitrogens is 2. The second-order valence-corrected chi connectivity index (χ2v) is 10.8. The van der Waals surface area contributed by atoms with E-state index in [0.717, 1.165) is 16.6 Å². The molecule has 1 N–H and O–H groups in total. The Labute approximate surface area is 200 Å². The van der Waals surface area contributed by atoms with E-state index >= 15 is 0 Å². The summed E-state index contributed by atoms with van der Waals surface area (Å²) in [6.07, 6.45) is 1.07. The van der Waals surface area contributed by atoms with Gasteiger partial charge in [-0.2, -0.15) is 0 Å². The number of halogens is 1. The third-order valence-electron chi connectivity index (χ3n) is 4.75. The van der Waals surface area contributed by atoms with Crippen LogP contribution in [-0.4, -0.2) is 36.9 Å². The van der Waals surface area contributed by atoms with Crippen molar-refractivity contribution in [2.75, 3.05) is 11.9 Å². The molecule has 0 fully saturated rings. The van der Waals surface area contributed by atoms with E-state index in [0.29, 0.717) is 11.1 Å². The summed E-state index contributed by atoms with van der Waals surface area (Å²) in [5.74, 6) is -1.65. The minimum absolute atomic E-state index is 0.121. The third-order valence-corrected chi connectivity index (χ3v) is 7.61. The van der Waals surface area contributed by atoms with Gasteiger partial charge in [0, 0.05) is 4.88 Å². The number of esters is 1. The molecule has 0 radical (unpaired) electrons. The van der Waals surface area contributed by atoms with Crippen LogP contribution in [-0.2, 0) is 20.3 Å². The number of aryl methyl sites for hydroxylation is 2. The summed E-state index contributed by atoms with van der Waals surface area (Å²) in [7, 11) is -3.94. The Morgan fingerprint density at radius 2 is 1.94 bits per heavy atom. The number of benzene rings is 1. The number of carbonyl (C=O) groups is 2. The van der Waals surface area contributed by atoms with E-state index in [1.165, 1.54) is 11.3 Å². The van der Waals surface area contributed by atoms with Crippen molar-refractivity contribution in [3.05, 3.63) is 68.3 Å². The average Bonchev–Trinajstić information content (AvgIpc) is 3.01. The quantitative estimate of drug-likeness (QED) is 0.369. The highest BCUT2D eigenvalue weighted by Gasteiger charge is 2.26. The summed E-state index contributed by atoms with van der Waals surface area (Å²) in [5.41, 5.74) is 2.10. The van der Waals surface area contributed by atoms with Crippen molar-refractivity contribution in [2.45, 2.75) is 38.6 Å². The normalized spacial score (nSPS) is 11.3. The van der Waals surface area contributed by atoms with Gasteiger partial charge in [0.05, 0.1) is 29.1 Å². The molecule has 0 aliphatic carbocycles. The molecule has 33 heavy (non-hydrogen) atoms. The van der Waals surface area contributed by atoms with E-state index in [-0.39, 0.29) is 33.6 Å². The Kier molecular flexibility index (Phi) is 7.51. The minimum Gasteiger partial charge on any atom is -0.462 e. The van der Waals surface area contributed by atoms with E-state index in [4.69, 9.17) is 16.3 Å². The van der Waals surface area contributed by atoms with Crippen molar-refractivity contribution in [2.24, 2.45) is 0 Å². The number of rotatable bonds is 7. The van der Waals surface area contributed by atoms with Crippen LogP contribution in [0.3, 0.4) is 0 Å². The van der Waals surface area contributed by atoms with Crippen LogP contribution in [0.1, 0.15) is 49.3 Å². The first-order valence-corrected chi connectivity index (χ1v) is 12.8. The molecule has 0 bridgehead atoms. The van der Waals surface area contributed by atoms with E-state index in [9.17, 15) is 18.0 Å². The number of ether oxygens (including phenoxy) is 1. The standard InChI is InChI=1S/C22H22ClN3O5S2/c1-5-31-21(28)17-13(3)14(4)32-20(17)26-19(27)18-16(23)10-24-22(25-18)33(29,30)11-15-8-6-7-12(2)9-15/h6-10H,5,11H2,1-4H3,(H,26,27). The molecule has 0 saturated carbocycles. The number of nitrogens with zero attached hydrogens (tertiary/aromatic N) is 2. The summed E-state index contributed by atoms with van der Waals surface area (Å²) in [5, 5.41) is 2.25. The summed E-state index contributed by atoms with van der Waals surface area (Å²) in [4.78, 5) is 33.9. The van der Waals surface area contributed by atoms with Crippen LogP contribution >= 0.6 is 22.9 Å². The van der Waals surface area contributed by atoms with Crippen LogP contribution in [0, 0.1) is 20.8 Å². The first kappa shape index (κ1) is 24.8. The minimum atomic E-state index is -3.94. The van der Waals surface area contributed by atoms with Crippen molar-refractivity contribution in [3.63, 3.8) is 0 Å². The van der Waals surface area contributed by atoms with E-state index < -0.39 is 26.9 Å². The molecule has 0 unspecified atom stereocenters. The Morgan fingerprint density at radius 3 is 2.61 bits per heavy atom. The smallest absolute Gasteiger partial charge is 0.341 e. The second kappa shape index (κ2) is 9.98. The predicted molar refractivity (Wildman–Crippen MR) is 127 cm³/mol. The van der Waals surface area contributed by atoms with Crippen molar-refractivity contribution in [3.8, 4) is 0 Å². The van der Waals surface area contributed by atoms with Crippen molar-refractivity contribution in [1.82, 2.24) is 9.97 Å². The van der Waals surface area contributed by atoms with Gasteiger partial charge in [-0.05, 0) is 38.8 Å². The molecule has 11 heteroatoms. The number of amides is 1. The zero-order chi connectivity index (χ0) is 24.3. The lowest BCUT2D eigenvalue weighted by Crippen LogP contribution is -2.19. The van der Waals surface area contributed by atoms with Gasteiger partial charge in [0.25, 0.3) is 5.91 Å². The molecule has 0 aliphatic rings. The fourth-order valence-corrected chi connectivity index (χ4v) is 5.48. The van der Waals surface area contributed by atoms with Gasteiger partial charge in [-0.1, -0.05) is 41.4 Å². The molecular formula is C22H22ClN3O5S2. The van der Waals surface area contributed by atoms with Crippen LogP contribution in [0.15, 0.2) is 35.6 Å². The highest BCUT2D eigenvalue weighted by Crippen LogP contribution is 2.33. The highest BCUT2D eigenvalue weighted by molar-refractivity contribution is 7.90. The lowest BCUT2D eigenvalue weighted by atomic mass is 10.1. The van der Waals surface area contributed by atoms with Gasteiger partial charge in [-0.25, -0.2) is 23.2 Å². The molecular weight excluding hydrogens is 486 g/mol. The maximum absolute atomic E-state index is 12.9. The summed E-state index contributed by atoms with van der Waals surface area (Å²) >= 11 is 7.31. The fourth-order valence-electron chi connectivity index (χ4n) is 3.07. The Balaban J connectivity index is 1.92. The predicted octanol–water partition coefficient (Wildman–Crippen LogP) is 4.52. The molecule has 8 nitrogen and oxygen atoms in total. The van der Waals surface area contributed by atoms with Crippen molar-refractivity contribution < 1.29 is 22.7 Å². The van der Waals surface area contributed by atoms with E-state index in [1.807, 2.05) is 19.9 Å². The second-order valence-electron chi connectivity index (χ2n) is 7.26. The molecule has 0 atom stereocenters. The number of thiophene rings is 1. The van der Waals surface area contributed by atoms with E-state index in [2.05, 4.69) is 15.3 Å². The number of nitrogens with one attached hydrogen (secondary N) is 1. The van der Waals surface area contributed by atoms with Crippen LogP contribution in [0.5, 0.6) is 0 Å². The third kappa shape index (κ3) is 5.58. The van der Waals surface area contributed by atoms with Gasteiger partial charge in [-0.15, -0.1) is 11.3 Å². The zero-order valence-electron chi connectivity index (χ0n) is 18.4. The first-order chi connectivity index (χ1) is 15.5. The molecule has 1 amide bonds. The molecule has 0 saturated heterocycles. The topological polar surface area (TPSA) is 115 Å². The molecule has 0 spiro atoms. The Morgan fingerprint density at radius 1 is 1.21 bits per heavy atom. The number of anilines is 1. The van der Waals surface area contributed by atoms with Gasteiger partial charge in [0.15, 0.2) is 5.69 Å². The Hall–Kier alpha value is -2.82. The van der Waals surface area contributed by atoms with Crippen LogP contribution < -0.4 is 5.32 Å². The number of hydrogen-bond acceptors (Lipinski definition) is 8. The van der Waals surface area contributed by atoms with Gasteiger partial charge < -0.3 is 10.1 Å². The SMILES string of the molecule is CCOC(=O)c1c(NC(=O)c2nc(S(=O)(=O)Cc3cccc(C)c3)ncc2Cl)sc(C)c1C. The largest absolute Gasteiger partial charge is 0.462 e. The molecule has 3 aromatic rings. The number of sulfone groups is 1. The lowest BCUT2D eigenvalue weighted by Gasteiger charge is -2.09. The Bertz CT molecular complexity index is 1340. The summed E-state index contributed by atoms with van der Waals surface area (Å²) in [6, 6.07) is 7.05. The summed E-state index contributed by atoms with van der Waals surface area (Å²) < 4.78 is 30.8. The maximum atomic E-state index is 12.9.